The second-order valence-corrected chi connectivity index (χ2v) is 7.35. The molecule has 0 aliphatic rings. The molecule has 0 saturated carbocycles. The Kier molecular flexibility index (Phi) is 11.5. The van der Waals surface area contributed by atoms with Crippen molar-refractivity contribution in [1.29, 1.82) is 0 Å². The Morgan fingerprint density at radius 3 is 2.05 bits per heavy atom. The summed E-state index contributed by atoms with van der Waals surface area (Å²) >= 11 is 0. The predicted molar refractivity (Wildman–Crippen MR) is 73.9 cm³/mol. The van der Waals surface area contributed by atoms with Crippen molar-refractivity contribution in [3.8, 4) is 0 Å². The van der Waals surface area contributed by atoms with Crippen LogP contribution in [0.1, 0.15) is 6.42 Å². The Hall–Kier alpha value is -0.103. The highest BCUT2D eigenvalue weighted by atomic mass is 28.4. The lowest BCUT2D eigenvalue weighted by Crippen LogP contribution is -2.42. The van der Waals surface area contributed by atoms with E-state index in [1.54, 1.807) is 21.3 Å². The van der Waals surface area contributed by atoms with Crippen LogP contribution in [-0.2, 0) is 18.0 Å². The summed E-state index contributed by atoms with van der Waals surface area (Å²) in [4.78, 5) is 1.28. The number of nitrogens with zero attached hydrogens (tertiary/aromatic N) is 1. The van der Waals surface area contributed by atoms with E-state index in [4.69, 9.17) is 28.2 Å². The van der Waals surface area contributed by atoms with Crippen molar-refractivity contribution in [2.24, 2.45) is 0 Å². The fraction of sp³-hybridized carbons (Fsp3) is 1.00. The van der Waals surface area contributed by atoms with E-state index in [9.17, 15) is 5.11 Å². The molecule has 0 aromatic heterocycles. The fourth-order valence-corrected chi connectivity index (χ4v) is 3.37. The maximum absolute atomic E-state index is 9.63. The minimum absolute atomic E-state index is 0.137. The first-order valence-electron chi connectivity index (χ1n) is 6.42. The van der Waals surface area contributed by atoms with Crippen molar-refractivity contribution in [2.75, 3.05) is 54.5 Å². The molecule has 0 fully saturated rings. The third kappa shape index (κ3) is 7.62. The highest BCUT2D eigenvalue weighted by Gasteiger charge is 2.36. The molecule has 122 valence electrons. The Labute approximate surface area is 121 Å². The lowest BCUT2D eigenvalue weighted by molar-refractivity contribution is -0.0303. The van der Waals surface area contributed by atoms with Crippen LogP contribution < -0.4 is 0 Å². The van der Waals surface area contributed by atoms with Crippen molar-refractivity contribution < 1.29 is 33.3 Å². The standard InChI is InChI=1S/C11H27NO7Si/c1-16-20(17-2,18-3)6-4-5-19-8-11(15)7-12(9-13)10-14/h11,13-15H,4-10H2,1-3H3. The van der Waals surface area contributed by atoms with E-state index >= 15 is 0 Å². The van der Waals surface area contributed by atoms with Crippen LogP contribution in [0, 0.1) is 0 Å². The molecule has 8 nitrogen and oxygen atoms in total. The monoisotopic (exact) mass is 313 g/mol. The molecule has 0 saturated heterocycles. The molecule has 1 atom stereocenters. The third-order valence-electron chi connectivity index (χ3n) is 2.88. The minimum Gasteiger partial charge on any atom is -0.389 e. The second kappa shape index (κ2) is 11.5. The summed E-state index contributed by atoms with van der Waals surface area (Å²) in [5, 5.41) is 27.3. The first-order valence-corrected chi connectivity index (χ1v) is 8.36. The van der Waals surface area contributed by atoms with Crippen molar-refractivity contribution >= 4 is 8.80 Å². The Morgan fingerprint density at radius 1 is 1.05 bits per heavy atom. The maximum Gasteiger partial charge on any atom is 0.500 e. The van der Waals surface area contributed by atoms with Gasteiger partial charge in [-0.3, -0.25) is 4.90 Å². The van der Waals surface area contributed by atoms with Gasteiger partial charge in [-0.25, -0.2) is 0 Å². The number of ether oxygens (including phenoxy) is 1. The number of aliphatic hydroxyl groups excluding tert-OH is 3. The molecule has 9 heteroatoms. The number of aliphatic hydroxyl groups is 3. The summed E-state index contributed by atoms with van der Waals surface area (Å²) in [7, 11) is 2.12. The Morgan fingerprint density at radius 2 is 1.60 bits per heavy atom. The van der Waals surface area contributed by atoms with Crippen LogP contribution >= 0.6 is 0 Å². The van der Waals surface area contributed by atoms with Gasteiger partial charge in [-0.2, -0.15) is 0 Å². The van der Waals surface area contributed by atoms with Gasteiger partial charge >= 0.3 is 8.80 Å². The van der Waals surface area contributed by atoms with Crippen LogP contribution in [-0.4, -0.2) is 89.7 Å². The molecule has 20 heavy (non-hydrogen) atoms. The fourth-order valence-electron chi connectivity index (χ4n) is 1.68. The molecule has 0 bridgehead atoms. The van der Waals surface area contributed by atoms with E-state index < -0.39 is 14.9 Å². The van der Waals surface area contributed by atoms with Gasteiger partial charge in [0.1, 0.15) is 0 Å². The minimum atomic E-state index is -2.55. The van der Waals surface area contributed by atoms with Gasteiger partial charge in [-0.05, 0) is 6.42 Å². The molecular formula is C11H27NO7Si. The maximum atomic E-state index is 9.63. The highest BCUT2D eigenvalue weighted by Crippen LogP contribution is 2.14. The summed E-state index contributed by atoms with van der Waals surface area (Å²) in [6, 6.07) is 0.631. The van der Waals surface area contributed by atoms with Gasteiger partial charge in [-0.15, -0.1) is 0 Å². The van der Waals surface area contributed by atoms with Gasteiger partial charge in [0.2, 0.25) is 0 Å². The zero-order valence-corrected chi connectivity index (χ0v) is 13.4. The van der Waals surface area contributed by atoms with Gasteiger partial charge in [-0.1, -0.05) is 0 Å². The Balaban J connectivity index is 3.75. The van der Waals surface area contributed by atoms with E-state index in [0.717, 1.165) is 0 Å². The first-order chi connectivity index (χ1) is 9.57. The van der Waals surface area contributed by atoms with Gasteiger partial charge in [0.15, 0.2) is 0 Å². The summed E-state index contributed by atoms with van der Waals surface area (Å²) in [6.45, 7) is 0.117. The average molecular weight is 313 g/mol. The molecule has 0 amide bonds. The van der Waals surface area contributed by atoms with Crippen molar-refractivity contribution in [1.82, 2.24) is 4.90 Å². The van der Waals surface area contributed by atoms with Crippen LogP contribution in [0.25, 0.3) is 0 Å². The molecule has 0 aliphatic heterocycles. The summed E-state index contributed by atoms with van der Waals surface area (Å²) in [6.07, 6.45) is -0.0679. The molecule has 0 rings (SSSR count). The zero-order valence-electron chi connectivity index (χ0n) is 12.4. The Bertz CT molecular complexity index is 219. The lowest BCUT2D eigenvalue weighted by Gasteiger charge is -2.24. The van der Waals surface area contributed by atoms with Crippen LogP contribution in [0.3, 0.4) is 0 Å². The second-order valence-electron chi connectivity index (χ2n) is 4.26. The molecule has 0 aromatic carbocycles. The van der Waals surface area contributed by atoms with E-state index in [1.165, 1.54) is 4.90 Å². The first kappa shape index (κ1) is 19.9. The van der Waals surface area contributed by atoms with E-state index in [-0.39, 0.29) is 26.6 Å². The average Bonchev–Trinajstić information content (AvgIpc) is 2.49. The van der Waals surface area contributed by atoms with Gasteiger partial charge < -0.3 is 33.3 Å². The van der Waals surface area contributed by atoms with Gasteiger partial charge in [0, 0.05) is 40.5 Å². The van der Waals surface area contributed by atoms with E-state index in [1.807, 2.05) is 0 Å². The topological polar surface area (TPSA) is 101 Å². The van der Waals surface area contributed by atoms with Gasteiger partial charge in [0.25, 0.3) is 0 Å². The molecule has 0 radical (unpaired) electrons. The number of rotatable bonds is 13. The smallest absolute Gasteiger partial charge is 0.389 e. The third-order valence-corrected chi connectivity index (χ3v) is 5.72. The molecule has 0 aliphatic carbocycles. The van der Waals surface area contributed by atoms with Crippen molar-refractivity contribution in [3.05, 3.63) is 0 Å². The zero-order chi connectivity index (χ0) is 15.4. The van der Waals surface area contributed by atoms with Crippen LogP contribution in [0.5, 0.6) is 0 Å². The van der Waals surface area contributed by atoms with Crippen LogP contribution in [0.4, 0.5) is 0 Å². The summed E-state index contributed by atoms with van der Waals surface area (Å²) < 4.78 is 21.1. The molecule has 0 aromatic rings. The molecule has 3 N–H and O–H groups in total. The largest absolute Gasteiger partial charge is 0.500 e. The van der Waals surface area contributed by atoms with E-state index in [0.29, 0.717) is 19.1 Å². The van der Waals surface area contributed by atoms with Crippen molar-refractivity contribution in [3.63, 3.8) is 0 Å². The van der Waals surface area contributed by atoms with Crippen LogP contribution in [0.2, 0.25) is 6.04 Å². The molecule has 1 unspecified atom stereocenters. The molecule has 0 heterocycles. The lowest BCUT2D eigenvalue weighted by atomic mass is 10.3. The predicted octanol–water partition coefficient (Wildman–Crippen LogP) is -1.17. The quantitative estimate of drug-likeness (QED) is 0.222. The van der Waals surface area contributed by atoms with E-state index in [2.05, 4.69) is 0 Å². The normalized spacial score (nSPS) is 13.9. The highest BCUT2D eigenvalue weighted by molar-refractivity contribution is 6.60. The number of hydrogen-bond donors (Lipinski definition) is 3. The summed E-state index contributed by atoms with van der Waals surface area (Å²) in [5.74, 6) is 0. The van der Waals surface area contributed by atoms with Gasteiger partial charge in [0.05, 0.1) is 26.2 Å². The van der Waals surface area contributed by atoms with Crippen LogP contribution in [0.15, 0.2) is 0 Å². The molecule has 0 spiro atoms. The number of hydrogen-bond acceptors (Lipinski definition) is 8. The summed E-state index contributed by atoms with van der Waals surface area (Å²) in [5.41, 5.74) is 0. The molecular weight excluding hydrogens is 286 g/mol. The van der Waals surface area contributed by atoms with Crippen molar-refractivity contribution in [2.45, 2.75) is 18.6 Å². The SMILES string of the molecule is CO[Si](CCCOCC(O)CN(CO)CO)(OC)OC.